The Bertz CT molecular complexity index is 482. The second-order valence-electron chi connectivity index (χ2n) is 5.44. The predicted molar refractivity (Wildman–Crippen MR) is 76.6 cm³/mol. The van der Waals surface area contributed by atoms with Crippen LogP contribution in [0.4, 0.5) is 11.4 Å². The second kappa shape index (κ2) is 5.09. The van der Waals surface area contributed by atoms with Gasteiger partial charge in [-0.3, -0.25) is 0 Å². The molecule has 1 aliphatic carbocycles. The van der Waals surface area contributed by atoms with E-state index >= 15 is 0 Å². The van der Waals surface area contributed by atoms with E-state index in [2.05, 4.69) is 24.3 Å². The smallest absolute Gasteiger partial charge is 0.337 e. The first kappa shape index (κ1) is 13.7. The molecule has 0 saturated heterocycles. The molecule has 0 aliphatic heterocycles. The van der Waals surface area contributed by atoms with Crippen LogP contribution in [0.5, 0.6) is 0 Å². The fourth-order valence-corrected chi connectivity index (χ4v) is 2.52. The van der Waals surface area contributed by atoms with E-state index in [1.807, 2.05) is 0 Å². The summed E-state index contributed by atoms with van der Waals surface area (Å²) >= 11 is 0. The average molecular weight is 263 g/mol. The summed E-state index contributed by atoms with van der Waals surface area (Å²) in [5.74, 6) is -0.956. The van der Waals surface area contributed by atoms with E-state index in [0.717, 1.165) is 19.4 Å². The fraction of sp³-hybridized carbons (Fsp3) is 0.500. The van der Waals surface area contributed by atoms with Crippen molar-refractivity contribution in [2.45, 2.75) is 24.8 Å². The van der Waals surface area contributed by atoms with Crippen molar-refractivity contribution in [2.24, 2.45) is 0 Å². The summed E-state index contributed by atoms with van der Waals surface area (Å²) in [5.41, 5.74) is 7.11. The number of nitrogens with two attached hydrogens (primary N) is 1. The van der Waals surface area contributed by atoms with Crippen LogP contribution in [0.15, 0.2) is 18.2 Å². The predicted octanol–water partition coefficient (Wildman–Crippen LogP) is 1.86. The first-order valence-corrected chi connectivity index (χ1v) is 6.49. The zero-order valence-corrected chi connectivity index (χ0v) is 11.4. The number of carboxylic acid groups (broad SMARTS) is 1. The van der Waals surface area contributed by atoms with E-state index in [1.54, 1.807) is 12.1 Å². The molecule has 5 heteroatoms. The van der Waals surface area contributed by atoms with E-state index in [1.165, 1.54) is 12.5 Å². The Morgan fingerprint density at radius 1 is 1.47 bits per heavy atom. The topological polar surface area (TPSA) is 78.6 Å². The molecule has 19 heavy (non-hydrogen) atoms. The number of anilines is 2. The lowest BCUT2D eigenvalue weighted by molar-refractivity contribution is 0.0693. The second-order valence-corrected chi connectivity index (χ2v) is 5.44. The van der Waals surface area contributed by atoms with Crippen molar-refractivity contribution in [3.63, 3.8) is 0 Å². The highest BCUT2D eigenvalue weighted by atomic mass is 16.4. The van der Waals surface area contributed by atoms with Gasteiger partial charge in [0.1, 0.15) is 0 Å². The maximum absolute atomic E-state index is 11.2. The van der Waals surface area contributed by atoms with Crippen molar-refractivity contribution in [3.05, 3.63) is 23.8 Å². The molecule has 0 spiro atoms. The van der Waals surface area contributed by atoms with Gasteiger partial charge in [0, 0.05) is 23.5 Å². The maximum atomic E-state index is 11.2. The third-order valence-corrected chi connectivity index (χ3v) is 4.11. The fourth-order valence-electron chi connectivity index (χ4n) is 2.52. The van der Waals surface area contributed by atoms with Gasteiger partial charge in [-0.15, -0.1) is 0 Å². The molecular formula is C14H21N3O2. The van der Waals surface area contributed by atoms with Crippen molar-refractivity contribution in [2.75, 3.05) is 31.7 Å². The molecule has 5 nitrogen and oxygen atoms in total. The molecule has 0 heterocycles. The number of carboxylic acids is 1. The number of carbonyl (C=O) groups is 1. The molecule has 1 aromatic rings. The monoisotopic (exact) mass is 263 g/mol. The first-order valence-electron chi connectivity index (χ1n) is 6.49. The standard InChI is InChI=1S/C14H21N3O2/c1-17(2)14(6-3-7-14)9-16-12-5-4-10(15)8-11(12)13(18)19/h4-5,8,16H,3,6-7,9,15H2,1-2H3,(H,18,19). The summed E-state index contributed by atoms with van der Waals surface area (Å²) in [7, 11) is 4.14. The highest BCUT2D eigenvalue weighted by Crippen LogP contribution is 2.36. The lowest BCUT2D eigenvalue weighted by Gasteiger charge is -2.47. The Morgan fingerprint density at radius 3 is 2.63 bits per heavy atom. The Morgan fingerprint density at radius 2 is 2.16 bits per heavy atom. The van der Waals surface area contributed by atoms with Gasteiger partial charge in [0.15, 0.2) is 0 Å². The van der Waals surface area contributed by atoms with Gasteiger partial charge in [0.2, 0.25) is 0 Å². The molecule has 0 amide bonds. The van der Waals surface area contributed by atoms with Gasteiger partial charge in [0.05, 0.1) is 5.56 Å². The van der Waals surface area contributed by atoms with Crippen LogP contribution in [0, 0.1) is 0 Å². The van der Waals surface area contributed by atoms with Gasteiger partial charge in [-0.25, -0.2) is 4.79 Å². The van der Waals surface area contributed by atoms with Crippen LogP contribution in [-0.4, -0.2) is 42.2 Å². The number of nitrogen functional groups attached to an aromatic ring is 1. The first-order chi connectivity index (χ1) is 8.94. The van der Waals surface area contributed by atoms with E-state index in [4.69, 9.17) is 5.73 Å². The summed E-state index contributed by atoms with van der Waals surface area (Å²) in [5, 5.41) is 12.5. The van der Waals surface area contributed by atoms with Crippen LogP contribution in [0.2, 0.25) is 0 Å². The SMILES string of the molecule is CN(C)C1(CNc2ccc(N)cc2C(=O)O)CCC1. The molecule has 4 N–H and O–H groups in total. The normalized spacial score (nSPS) is 17.0. The zero-order chi connectivity index (χ0) is 14.0. The zero-order valence-electron chi connectivity index (χ0n) is 11.4. The number of hydrogen-bond donors (Lipinski definition) is 3. The molecule has 0 bridgehead atoms. The summed E-state index contributed by atoms with van der Waals surface area (Å²) in [6, 6.07) is 4.95. The maximum Gasteiger partial charge on any atom is 0.337 e. The average Bonchev–Trinajstić information content (AvgIpc) is 2.28. The highest BCUT2D eigenvalue weighted by Gasteiger charge is 2.38. The van der Waals surface area contributed by atoms with E-state index < -0.39 is 5.97 Å². The number of aromatic carboxylic acids is 1. The van der Waals surface area contributed by atoms with Crippen LogP contribution in [-0.2, 0) is 0 Å². The Labute approximate surface area is 113 Å². The van der Waals surface area contributed by atoms with Crippen LogP contribution < -0.4 is 11.1 Å². The van der Waals surface area contributed by atoms with Crippen molar-refractivity contribution >= 4 is 17.3 Å². The molecule has 0 radical (unpaired) electrons. The van der Waals surface area contributed by atoms with Gasteiger partial charge in [0.25, 0.3) is 0 Å². The number of hydrogen-bond acceptors (Lipinski definition) is 4. The summed E-state index contributed by atoms with van der Waals surface area (Å²) in [6.07, 6.45) is 3.52. The molecule has 1 aliphatic rings. The van der Waals surface area contributed by atoms with Crippen molar-refractivity contribution < 1.29 is 9.90 Å². The van der Waals surface area contributed by atoms with E-state index in [-0.39, 0.29) is 11.1 Å². The van der Waals surface area contributed by atoms with Crippen molar-refractivity contribution in [1.29, 1.82) is 0 Å². The Kier molecular flexibility index (Phi) is 3.66. The molecule has 1 saturated carbocycles. The number of nitrogens with zero attached hydrogens (tertiary/aromatic N) is 1. The van der Waals surface area contributed by atoms with Gasteiger partial charge in [-0.1, -0.05) is 0 Å². The molecule has 1 fully saturated rings. The molecule has 1 aromatic carbocycles. The van der Waals surface area contributed by atoms with Crippen molar-refractivity contribution in [3.8, 4) is 0 Å². The largest absolute Gasteiger partial charge is 0.478 e. The third kappa shape index (κ3) is 2.66. The number of rotatable bonds is 5. The molecule has 0 atom stereocenters. The minimum absolute atomic E-state index is 0.150. The molecule has 0 unspecified atom stereocenters. The Balaban J connectivity index is 2.13. The number of likely N-dealkylation sites (N-methyl/N-ethyl adjacent to an activating group) is 1. The molecule has 2 rings (SSSR count). The van der Waals surface area contributed by atoms with Crippen LogP contribution in [0.1, 0.15) is 29.6 Å². The quantitative estimate of drug-likeness (QED) is 0.707. The van der Waals surface area contributed by atoms with Crippen LogP contribution in [0.3, 0.4) is 0 Å². The van der Waals surface area contributed by atoms with Crippen LogP contribution >= 0.6 is 0 Å². The van der Waals surface area contributed by atoms with E-state index in [0.29, 0.717) is 11.4 Å². The minimum Gasteiger partial charge on any atom is -0.478 e. The third-order valence-electron chi connectivity index (χ3n) is 4.11. The lowest BCUT2D eigenvalue weighted by atomic mass is 9.75. The summed E-state index contributed by atoms with van der Waals surface area (Å²) in [6.45, 7) is 0.754. The minimum atomic E-state index is -0.956. The van der Waals surface area contributed by atoms with Gasteiger partial charge >= 0.3 is 5.97 Å². The number of benzene rings is 1. The van der Waals surface area contributed by atoms with E-state index in [9.17, 15) is 9.90 Å². The summed E-state index contributed by atoms with van der Waals surface area (Å²) in [4.78, 5) is 13.4. The number of nitrogens with one attached hydrogen (secondary N) is 1. The van der Waals surface area contributed by atoms with Crippen molar-refractivity contribution in [1.82, 2.24) is 4.90 Å². The molecular weight excluding hydrogens is 242 g/mol. The Hall–Kier alpha value is -1.75. The van der Waals surface area contributed by atoms with Gasteiger partial charge in [-0.2, -0.15) is 0 Å². The van der Waals surface area contributed by atoms with Crippen LogP contribution in [0.25, 0.3) is 0 Å². The summed E-state index contributed by atoms with van der Waals surface area (Å²) < 4.78 is 0. The lowest BCUT2D eigenvalue weighted by Crippen LogP contribution is -2.54. The molecule has 104 valence electrons. The highest BCUT2D eigenvalue weighted by molar-refractivity contribution is 5.95. The molecule has 0 aromatic heterocycles. The van der Waals surface area contributed by atoms with Gasteiger partial charge in [-0.05, 0) is 51.6 Å². The van der Waals surface area contributed by atoms with Gasteiger partial charge < -0.3 is 21.1 Å².